The quantitative estimate of drug-likeness (QED) is 0.193. The van der Waals surface area contributed by atoms with Crippen molar-refractivity contribution in [3.8, 4) is 11.3 Å². The number of pyridine rings is 1. The molecule has 4 aromatic rings. The molecule has 4 nitrogen and oxygen atoms in total. The molecule has 0 radical (unpaired) electrons. The number of hydrogen-bond donors (Lipinski definition) is 0. The lowest BCUT2D eigenvalue weighted by atomic mass is 9.98. The number of nitro benzene ring substituents is 1. The molecule has 0 saturated heterocycles. The van der Waals surface area contributed by atoms with Crippen LogP contribution in [0.1, 0.15) is 0 Å². The Morgan fingerprint density at radius 3 is 2.27 bits per heavy atom. The van der Waals surface area contributed by atoms with Crippen molar-refractivity contribution in [2.24, 2.45) is 7.05 Å². The van der Waals surface area contributed by atoms with E-state index in [4.69, 9.17) is 23.2 Å². The Hall–Kier alpha value is -2.69. The minimum absolute atomic E-state index is 0.0437. The van der Waals surface area contributed by atoms with Crippen LogP contribution in [-0.2, 0) is 7.05 Å². The smallest absolute Gasteiger partial charge is 0.258 e. The number of fused-ring (bicyclic) bond motifs is 3. The van der Waals surface area contributed by atoms with E-state index in [1.54, 1.807) is 18.2 Å². The Labute approximate surface area is 159 Å². The second-order valence-corrected chi connectivity index (χ2v) is 6.94. The van der Waals surface area contributed by atoms with Crippen LogP contribution in [0.4, 0.5) is 5.69 Å². The van der Waals surface area contributed by atoms with E-state index in [0.717, 1.165) is 32.9 Å². The van der Waals surface area contributed by atoms with E-state index in [1.165, 1.54) is 6.07 Å². The number of aryl methyl sites for hydroxylation is 1. The molecule has 128 valence electrons. The van der Waals surface area contributed by atoms with Gasteiger partial charge >= 0.3 is 0 Å². The van der Waals surface area contributed by atoms with Gasteiger partial charge in [0.15, 0.2) is 0 Å². The zero-order valence-electron chi connectivity index (χ0n) is 13.7. The predicted octanol–water partition coefficient (Wildman–Crippen LogP) is 5.70. The maximum Gasteiger partial charge on any atom is 0.270 e. The van der Waals surface area contributed by atoms with Crippen LogP contribution in [0.5, 0.6) is 0 Å². The van der Waals surface area contributed by atoms with Crippen LogP contribution in [0.3, 0.4) is 0 Å². The molecule has 0 aliphatic rings. The summed E-state index contributed by atoms with van der Waals surface area (Å²) in [7, 11) is 1.94. The van der Waals surface area contributed by atoms with Crippen molar-refractivity contribution in [1.82, 2.24) is 0 Å². The molecule has 0 unspecified atom stereocenters. The van der Waals surface area contributed by atoms with Crippen molar-refractivity contribution < 1.29 is 9.49 Å². The highest BCUT2D eigenvalue weighted by molar-refractivity contribution is 6.35. The highest BCUT2D eigenvalue weighted by Gasteiger charge is 2.23. The zero-order chi connectivity index (χ0) is 18.4. The van der Waals surface area contributed by atoms with E-state index >= 15 is 0 Å². The lowest BCUT2D eigenvalue weighted by molar-refractivity contribution is -0.632. The molecule has 0 spiro atoms. The molecule has 0 aliphatic carbocycles. The third-order valence-electron chi connectivity index (χ3n) is 4.50. The molecule has 0 aliphatic heterocycles. The molecule has 0 fully saturated rings. The van der Waals surface area contributed by atoms with Crippen LogP contribution < -0.4 is 4.57 Å². The van der Waals surface area contributed by atoms with Crippen LogP contribution >= 0.6 is 23.2 Å². The predicted molar refractivity (Wildman–Crippen MR) is 105 cm³/mol. The molecule has 6 heteroatoms. The van der Waals surface area contributed by atoms with E-state index < -0.39 is 0 Å². The SMILES string of the molecule is C[n+]1c(-c2cc(Cl)cc(Cl)c2)c2cc([N+](=O)[O-])ccc2c2ccccc21. The molecule has 0 amide bonds. The van der Waals surface area contributed by atoms with Crippen molar-refractivity contribution in [2.45, 2.75) is 0 Å². The molecule has 0 bridgehead atoms. The molecule has 0 atom stereocenters. The monoisotopic (exact) mass is 383 g/mol. The molecule has 0 N–H and O–H groups in total. The van der Waals surface area contributed by atoms with Gasteiger partial charge in [0, 0.05) is 39.2 Å². The summed E-state index contributed by atoms with van der Waals surface area (Å²) in [6, 6.07) is 18.2. The minimum Gasteiger partial charge on any atom is -0.258 e. The molecule has 3 aromatic carbocycles. The second-order valence-electron chi connectivity index (χ2n) is 6.07. The van der Waals surface area contributed by atoms with Gasteiger partial charge in [0.25, 0.3) is 5.69 Å². The van der Waals surface area contributed by atoms with Crippen molar-refractivity contribution in [3.63, 3.8) is 0 Å². The maximum atomic E-state index is 11.3. The van der Waals surface area contributed by atoms with Gasteiger partial charge in [0.1, 0.15) is 7.05 Å². The summed E-state index contributed by atoms with van der Waals surface area (Å²) in [5, 5.41) is 15.1. The largest absolute Gasteiger partial charge is 0.270 e. The average molecular weight is 384 g/mol. The van der Waals surface area contributed by atoms with Gasteiger partial charge in [-0.2, -0.15) is 4.57 Å². The minimum atomic E-state index is -0.386. The first-order valence-electron chi connectivity index (χ1n) is 7.91. The molecule has 4 rings (SSSR count). The summed E-state index contributed by atoms with van der Waals surface area (Å²) in [6.07, 6.45) is 0. The van der Waals surface area contributed by atoms with E-state index in [0.29, 0.717) is 10.0 Å². The Morgan fingerprint density at radius 1 is 0.885 bits per heavy atom. The Morgan fingerprint density at radius 2 is 1.58 bits per heavy atom. The average Bonchev–Trinajstić information content (AvgIpc) is 2.60. The summed E-state index contributed by atoms with van der Waals surface area (Å²) in [6.45, 7) is 0. The fourth-order valence-electron chi connectivity index (χ4n) is 3.41. The van der Waals surface area contributed by atoms with E-state index in [-0.39, 0.29) is 10.6 Å². The van der Waals surface area contributed by atoms with Gasteiger partial charge in [0.2, 0.25) is 11.2 Å². The highest BCUT2D eigenvalue weighted by atomic mass is 35.5. The number of para-hydroxylation sites is 1. The van der Waals surface area contributed by atoms with E-state index in [1.807, 2.05) is 48.0 Å². The first-order chi connectivity index (χ1) is 12.5. The maximum absolute atomic E-state index is 11.3. The zero-order valence-corrected chi connectivity index (χ0v) is 15.3. The first kappa shape index (κ1) is 16.8. The number of halogens is 2. The third kappa shape index (κ3) is 2.68. The van der Waals surface area contributed by atoms with Crippen LogP contribution in [0, 0.1) is 10.1 Å². The fraction of sp³-hybridized carbons (Fsp3) is 0.0500. The molecule has 1 aromatic heterocycles. The van der Waals surface area contributed by atoms with Crippen LogP contribution in [0.15, 0.2) is 60.7 Å². The summed E-state index contributed by atoms with van der Waals surface area (Å²) in [5.74, 6) is 0. The second kappa shape index (κ2) is 6.24. The molecule has 26 heavy (non-hydrogen) atoms. The third-order valence-corrected chi connectivity index (χ3v) is 4.93. The Balaban J connectivity index is 2.22. The number of benzene rings is 3. The van der Waals surface area contributed by atoms with E-state index in [2.05, 4.69) is 0 Å². The summed E-state index contributed by atoms with van der Waals surface area (Å²) in [5.41, 5.74) is 2.69. The lowest BCUT2D eigenvalue weighted by Crippen LogP contribution is -2.32. The standard InChI is InChI=1S/C20H13Cl2N2O2/c1-23-19-5-3-2-4-17(19)16-7-6-15(24(25)26)11-18(16)20(23)12-8-13(21)10-14(22)9-12/h2-11H,1H3/q+1. The lowest BCUT2D eigenvalue weighted by Gasteiger charge is -2.10. The number of nitro groups is 1. The van der Waals surface area contributed by atoms with Gasteiger partial charge in [-0.1, -0.05) is 35.3 Å². The van der Waals surface area contributed by atoms with E-state index in [9.17, 15) is 10.1 Å². The molecular weight excluding hydrogens is 371 g/mol. The van der Waals surface area contributed by atoms with Crippen LogP contribution in [0.25, 0.3) is 32.9 Å². The summed E-state index contributed by atoms with van der Waals surface area (Å²) >= 11 is 12.4. The number of non-ortho nitro benzene ring substituents is 1. The van der Waals surface area contributed by atoms with Gasteiger partial charge in [-0.25, -0.2) is 0 Å². The van der Waals surface area contributed by atoms with Crippen molar-refractivity contribution >= 4 is 50.6 Å². The first-order valence-corrected chi connectivity index (χ1v) is 8.66. The molecular formula is C20H13Cl2N2O2+. The van der Waals surface area contributed by atoms with Gasteiger partial charge in [-0.3, -0.25) is 10.1 Å². The van der Waals surface area contributed by atoms with Crippen LogP contribution in [0.2, 0.25) is 10.0 Å². The van der Waals surface area contributed by atoms with Crippen molar-refractivity contribution in [1.29, 1.82) is 0 Å². The topological polar surface area (TPSA) is 47.0 Å². The van der Waals surface area contributed by atoms with Crippen LogP contribution in [-0.4, -0.2) is 4.92 Å². The Kier molecular flexibility index (Phi) is 4.02. The number of rotatable bonds is 2. The number of aromatic nitrogens is 1. The summed E-state index contributed by atoms with van der Waals surface area (Å²) < 4.78 is 2.02. The molecule has 0 saturated carbocycles. The van der Waals surface area contributed by atoms with Crippen molar-refractivity contribution in [3.05, 3.63) is 80.8 Å². The fourth-order valence-corrected chi connectivity index (χ4v) is 3.94. The van der Waals surface area contributed by atoms with Crippen molar-refractivity contribution in [2.75, 3.05) is 0 Å². The normalized spacial score (nSPS) is 11.2. The number of hydrogen-bond acceptors (Lipinski definition) is 2. The molecule has 1 heterocycles. The highest BCUT2D eigenvalue weighted by Crippen LogP contribution is 2.35. The number of nitrogens with zero attached hydrogens (tertiary/aromatic N) is 2. The van der Waals surface area contributed by atoms with Gasteiger partial charge in [0.05, 0.1) is 15.7 Å². The van der Waals surface area contributed by atoms with Gasteiger partial charge in [-0.15, -0.1) is 0 Å². The van der Waals surface area contributed by atoms with Gasteiger partial charge in [-0.05, 0) is 30.3 Å². The summed E-state index contributed by atoms with van der Waals surface area (Å²) in [4.78, 5) is 10.9. The Bertz CT molecular complexity index is 1190. The van der Waals surface area contributed by atoms with Gasteiger partial charge < -0.3 is 0 Å².